The molecule has 0 atom stereocenters. The molecule has 2 heterocycles. The number of furan rings is 1. The number of nitrogens with zero attached hydrogens (tertiary/aromatic N) is 2. The molecular weight excluding hydrogens is 240 g/mol. The molecule has 0 aliphatic carbocycles. The van der Waals surface area contributed by atoms with Gasteiger partial charge in [0.1, 0.15) is 11.5 Å². The van der Waals surface area contributed by atoms with Gasteiger partial charge in [0, 0.05) is 6.54 Å². The zero-order chi connectivity index (χ0) is 12.4. The van der Waals surface area contributed by atoms with Gasteiger partial charge < -0.3 is 4.42 Å². The summed E-state index contributed by atoms with van der Waals surface area (Å²) < 4.78 is 6.92. The third-order valence-corrected chi connectivity index (χ3v) is 2.69. The summed E-state index contributed by atoms with van der Waals surface area (Å²) in [5, 5.41) is 4.44. The summed E-state index contributed by atoms with van der Waals surface area (Å²) in [5.41, 5.74) is 0.392. The summed E-state index contributed by atoms with van der Waals surface area (Å²) >= 11 is 5.99. The highest BCUT2D eigenvalue weighted by Crippen LogP contribution is 2.20. The highest BCUT2D eigenvalue weighted by Gasteiger charge is 2.21. The van der Waals surface area contributed by atoms with Gasteiger partial charge in [-0.2, -0.15) is 5.10 Å². The van der Waals surface area contributed by atoms with Crippen LogP contribution >= 0.6 is 11.6 Å². The molecule has 0 N–H and O–H groups in total. The van der Waals surface area contributed by atoms with Gasteiger partial charge in [-0.1, -0.05) is 18.5 Å². The average Bonchev–Trinajstić information content (AvgIpc) is 2.86. The van der Waals surface area contributed by atoms with Crippen LogP contribution in [0.4, 0.5) is 0 Å². The van der Waals surface area contributed by atoms with Gasteiger partial charge in [0.15, 0.2) is 5.76 Å². The number of carbonyl (C=O) groups excluding carboxylic acids is 1. The fourth-order valence-electron chi connectivity index (χ4n) is 1.64. The predicted molar refractivity (Wildman–Crippen MR) is 64.4 cm³/mol. The highest BCUT2D eigenvalue weighted by atomic mass is 35.5. The van der Waals surface area contributed by atoms with Crippen molar-refractivity contribution in [2.45, 2.75) is 26.8 Å². The Morgan fingerprint density at radius 3 is 2.88 bits per heavy atom. The van der Waals surface area contributed by atoms with Gasteiger partial charge in [0.05, 0.1) is 11.2 Å². The number of hydrogen-bond donors (Lipinski definition) is 0. The van der Waals surface area contributed by atoms with E-state index in [9.17, 15) is 4.79 Å². The van der Waals surface area contributed by atoms with Crippen molar-refractivity contribution in [3.8, 4) is 0 Å². The molecule has 17 heavy (non-hydrogen) atoms. The van der Waals surface area contributed by atoms with Gasteiger partial charge in [-0.15, -0.1) is 0 Å². The van der Waals surface area contributed by atoms with Crippen molar-refractivity contribution in [2.75, 3.05) is 0 Å². The largest absolute Gasteiger partial charge is 0.458 e. The number of aryl methyl sites for hydroxylation is 2. The topological polar surface area (TPSA) is 48.0 Å². The molecule has 0 spiro atoms. The Hall–Kier alpha value is -1.55. The fourth-order valence-corrected chi connectivity index (χ4v) is 1.87. The normalized spacial score (nSPS) is 10.8. The maximum atomic E-state index is 12.2. The minimum atomic E-state index is -0.228. The lowest BCUT2D eigenvalue weighted by Gasteiger charge is -2.03. The molecule has 0 unspecified atom stereocenters. The molecule has 5 heteroatoms. The van der Waals surface area contributed by atoms with E-state index in [1.807, 2.05) is 6.92 Å². The molecule has 0 saturated carbocycles. The van der Waals surface area contributed by atoms with Gasteiger partial charge in [0.25, 0.3) is 0 Å². The second-order valence-corrected chi connectivity index (χ2v) is 4.21. The second kappa shape index (κ2) is 4.75. The molecule has 0 saturated heterocycles. The molecule has 0 amide bonds. The van der Waals surface area contributed by atoms with Crippen molar-refractivity contribution in [1.82, 2.24) is 9.78 Å². The van der Waals surface area contributed by atoms with Crippen LogP contribution in [-0.4, -0.2) is 15.6 Å². The molecule has 0 bridgehead atoms. The van der Waals surface area contributed by atoms with E-state index in [2.05, 4.69) is 5.10 Å². The number of halogens is 1. The summed E-state index contributed by atoms with van der Waals surface area (Å²) in [5.74, 6) is 0.766. The van der Waals surface area contributed by atoms with E-state index >= 15 is 0 Å². The number of hydrogen-bond acceptors (Lipinski definition) is 3. The Balaban J connectivity index is 2.39. The summed E-state index contributed by atoms with van der Waals surface area (Å²) in [6, 6.07) is 3.40. The Labute approximate surface area is 104 Å². The minimum Gasteiger partial charge on any atom is -0.458 e. The standard InChI is InChI=1S/C12H13ClN2O2/c1-3-6-15-11(9(13)7-14-15)12(16)10-5-4-8(2)17-10/h4-5,7H,3,6H2,1-2H3. The van der Waals surface area contributed by atoms with Crippen molar-refractivity contribution in [2.24, 2.45) is 0 Å². The summed E-state index contributed by atoms with van der Waals surface area (Å²) in [4.78, 5) is 12.2. The van der Waals surface area contributed by atoms with E-state index in [0.717, 1.165) is 6.42 Å². The first kappa shape index (κ1) is 11.9. The summed E-state index contributed by atoms with van der Waals surface area (Å²) in [7, 11) is 0. The van der Waals surface area contributed by atoms with Crippen LogP contribution in [0, 0.1) is 6.92 Å². The molecule has 0 aromatic carbocycles. The smallest absolute Gasteiger partial charge is 0.247 e. The molecule has 2 aromatic heterocycles. The minimum absolute atomic E-state index is 0.228. The fraction of sp³-hybridized carbons (Fsp3) is 0.333. The van der Waals surface area contributed by atoms with Crippen LogP contribution in [0.3, 0.4) is 0 Å². The molecule has 2 rings (SSSR count). The zero-order valence-electron chi connectivity index (χ0n) is 9.74. The average molecular weight is 253 g/mol. The van der Waals surface area contributed by atoms with Crippen molar-refractivity contribution < 1.29 is 9.21 Å². The molecule has 0 fully saturated rings. The van der Waals surface area contributed by atoms with E-state index in [1.165, 1.54) is 6.20 Å². The summed E-state index contributed by atoms with van der Waals surface area (Å²) in [6.45, 7) is 4.47. The first-order valence-electron chi connectivity index (χ1n) is 5.46. The Bertz CT molecular complexity index is 542. The van der Waals surface area contributed by atoms with Gasteiger partial charge in [-0.05, 0) is 25.5 Å². The van der Waals surface area contributed by atoms with Crippen LogP contribution in [0.5, 0.6) is 0 Å². The first-order chi connectivity index (χ1) is 8.13. The van der Waals surface area contributed by atoms with Crippen LogP contribution in [-0.2, 0) is 6.54 Å². The SMILES string of the molecule is CCCn1ncc(Cl)c1C(=O)c1ccc(C)o1. The van der Waals surface area contributed by atoms with E-state index in [-0.39, 0.29) is 5.78 Å². The van der Waals surface area contributed by atoms with Crippen molar-refractivity contribution >= 4 is 17.4 Å². The third kappa shape index (κ3) is 2.26. The van der Waals surface area contributed by atoms with Gasteiger partial charge in [0.2, 0.25) is 5.78 Å². The van der Waals surface area contributed by atoms with Crippen LogP contribution in [0.25, 0.3) is 0 Å². The van der Waals surface area contributed by atoms with E-state index in [1.54, 1.807) is 23.7 Å². The van der Waals surface area contributed by atoms with Gasteiger partial charge in [-0.25, -0.2) is 0 Å². The number of rotatable bonds is 4. The number of aromatic nitrogens is 2. The lowest BCUT2D eigenvalue weighted by atomic mass is 10.2. The molecule has 0 aliphatic heterocycles. The van der Waals surface area contributed by atoms with Crippen LogP contribution in [0.2, 0.25) is 5.02 Å². The monoisotopic (exact) mass is 252 g/mol. The van der Waals surface area contributed by atoms with E-state index in [4.69, 9.17) is 16.0 Å². The molecular formula is C12H13ClN2O2. The first-order valence-corrected chi connectivity index (χ1v) is 5.83. The maximum absolute atomic E-state index is 12.2. The Morgan fingerprint density at radius 2 is 2.29 bits per heavy atom. The van der Waals surface area contributed by atoms with Crippen LogP contribution < -0.4 is 0 Å². The Kier molecular flexibility index (Phi) is 3.33. The van der Waals surface area contributed by atoms with E-state index in [0.29, 0.717) is 28.8 Å². The van der Waals surface area contributed by atoms with Crippen LogP contribution in [0.15, 0.2) is 22.7 Å². The molecule has 0 aliphatic rings. The van der Waals surface area contributed by atoms with Gasteiger partial charge >= 0.3 is 0 Å². The number of ketones is 1. The molecule has 2 aromatic rings. The van der Waals surface area contributed by atoms with Crippen molar-refractivity contribution in [3.63, 3.8) is 0 Å². The maximum Gasteiger partial charge on any atom is 0.247 e. The lowest BCUT2D eigenvalue weighted by molar-refractivity contribution is 0.0997. The van der Waals surface area contributed by atoms with Crippen LogP contribution in [0.1, 0.15) is 35.4 Å². The summed E-state index contributed by atoms with van der Waals surface area (Å²) in [6.07, 6.45) is 2.37. The second-order valence-electron chi connectivity index (χ2n) is 3.80. The molecule has 90 valence electrons. The van der Waals surface area contributed by atoms with Crippen molar-refractivity contribution in [1.29, 1.82) is 0 Å². The third-order valence-electron chi connectivity index (χ3n) is 2.41. The molecule has 4 nitrogen and oxygen atoms in total. The quantitative estimate of drug-likeness (QED) is 0.786. The number of carbonyl (C=O) groups is 1. The highest BCUT2D eigenvalue weighted by molar-refractivity contribution is 6.34. The van der Waals surface area contributed by atoms with Gasteiger partial charge in [-0.3, -0.25) is 9.48 Å². The predicted octanol–water partition coefficient (Wildman–Crippen LogP) is 3.08. The van der Waals surface area contributed by atoms with E-state index < -0.39 is 0 Å². The van der Waals surface area contributed by atoms with Crippen molar-refractivity contribution in [3.05, 3.63) is 40.6 Å². The lowest BCUT2D eigenvalue weighted by Crippen LogP contribution is -2.11. The Morgan fingerprint density at radius 1 is 1.53 bits per heavy atom. The zero-order valence-corrected chi connectivity index (χ0v) is 10.5. The molecule has 0 radical (unpaired) electrons.